The fraction of sp³-hybridized carbons (Fsp3) is 0.600. The van der Waals surface area contributed by atoms with Crippen LogP contribution in [0.5, 0.6) is 0 Å². The van der Waals surface area contributed by atoms with Crippen LogP contribution >= 0.6 is 0 Å². The van der Waals surface area contributed by atoms with Crippen molar-refractivity contribution in [3.05, 3.63) is 60.7 Å². The third-order valence-electron chi connectivity index (χ3n) is 5.61. The van der Waals surface area contributed by atoms with Crippen molar-refractivity contribution >= 4 is 44.1 Å². The molecule has 0 spiro atoms. The largest absolute Gasteiger partial charge is 0.436 e. The fourth-order valence-corrected chi connectivity index (χ4v) is 23.0. The summed E-state index contributed by atoms with van der Waals surface area (Å²) in [5, 5.41) is 2.27. The van der Waals surface area contributed by atoms with Crippen LogP contribution in [0, 0.1) is 0 Å². The van der Waals surface area contributed by atoms with Crippen molar-refractivity contribution in [2.75, 3.05) is 13.1 Å². The predicted molar refractivity (Wildman–Crippen MR) is 191 cm³/mol. The molecule has 0 saturated carbocycles. The van der Waals surface area contributed by atoms with Gasteiger partial charge in [0.1, 0.15) is 0 Å². The van der Waals surface area contributed by atoms with Gasteiger partial charge in [0, 0.05) is 0 Å². The van der Waals surface area contributed by atoms with Crippen molar-refractivity contribution in [1.29, 1.82) is 0 Å². The highest BCUT2D eigenvalue weighted by Gasteiger charge is 2.52. The highest BCUT2D eigenvalue weighted by Crippen LogP contribution is 2.27. The second kappa shape index (κ2) is 20.9. The molecular weight excluding hydrogens is 549 g/mol. The maximum Gasteiger partial charge on any atom is 0.388 e. The SMILES string of the molecule is C.C.C.C.C.C.C[Si](C)(CCCN)O[Si](C)(C)O[Si](O[Si](C)(C)CCCN)(c1ccccc1)c1ccccc1. The molecule has 0 fully saturated rings. The first-order valence-electron chi connectivity index (χ1n) is 12.1. The van der Waals surface area contributed by atoms with Crippen molar-refractivity contribution in [1.82, 2.24) is 0 Å². The summed E-state index contributed by atoms with van der Waals surface area (Å²) in [5.74, 6) is 0. The summed E-state index contributed by atoms with van der Waals surface area (Å²) in [6.45, 7) is 14.8. The van der Waals surface area contributed by atoms with Crippen LogP contribution in [-0.2, 0) is 12.3 Å². The van der Waals surface area contributed by atoms with Crippen LogP contribution in [0.4, 0.5) is 0 Å². The Balaban J connectivity index is -0.000000642. The molecule has 0 bridgehead atoms. The van der Waals surface area contributed by atoms with E-state index in [-0.39, 0.29) is 44.6 Å². The minimum Gasteiger partial charge on any atom is -0.436 e. The van der Waals surface area contributed by atoms with Crippen LogP contribution < -0.4 is 21.8 Å². The van der Waals surface area contributed by atoms with Crippen LogP contribution in [0.3, 0.4) is 0 Å². The maximum atomic E-state index is 7.28. The highest BCUT2D eigenvalue weighted by atomic mass is 28.5. The molecule has 0 radical (unpaired) electrons. The number of rotatable bonds is 14. The molecule has 4 N–H and O–H groups in total. The molecule has 39 heavy (non-hydrogen) atoms. The summed E-state index contributed by atoms with van der Waals surface area (Å²) < 4.78 is 21.4. The van der Waals surface area contributed by atoms with E-state index in [1.807, 2.05) is 12.1 Å². The Morgan fingerprint density at radius 3 is 1.18 bits per heavy atom. The molecule has 0 aliphatic rings. The van der Waals surface area contributed by atoms with Gasteiger partial charge in [-0.25, -0.2) is 0 Å². The smallest absolute Gasteiger partial charge is 0.388 e. The lowest BCUT2D eigenvalue weighted by atomic mass is 10.4. The van der Waals surface area contributed by atoms with Gasteiger partial charge in [-0.3, -0.25) is 0 Å². The lowest BCUT2D eigenvalue weighted by Crippen LogP contribution is -2.71. The number of benzene rings is 2. The van der Waals surface area contributed by atoms with Gasteiger partial charge >= 0.3 is 17.1 Å². The van der Waals surface area contributed by atoms with Crippen LogP contribution in [0.2, 0.25) is 51.4 Å². The van der Waals surface area contributed by atoms with E-state index in [1.54, 1.807) is 0 Å². The summed E-state index contributed by atoms with van der Waals surface area (Å²) in [4.78, 5) is 0. The van der Waals surface area contributed by atoms with Gasteiger partial charge in [-0.2, -0.15) is 0 Å². The molecule has 0 amide bonds. The van der Waals surface area contributed by atoms with E-state index >= 15 is 0 Å². The zero-order valence-electron chi connectivity index (χ0n) is 21.4. The Kier molecular flexibility index (Phi) is 25.7. The lowest BCUT2D eigenvalue weighted by molar-refractivity contribution is 0.339. The van der Waals surface area contributed by atoms with E-state index < -0.39 is 33.8 Å². The zero-order chi connectivity index (χ0) is 24.6. The summed E-state index contributed by atoms with van der Waals surface area (Å²) in [6, 6.07) is 23.1. The van der Waals surface area contributed by atoms with Gasteiger partial charge in [0.2, 0.25) is 0 Å². The van der Waals surface area contributed by atoms with Crippen LogP contribution in [0.15, 0.2) is 60.7 Å². The Hall–Kier alpha value is -0.892. The van der Waals surface area contributed by atoms with Crippen molar-refractivity contribution in [2.24, 2.45) is 11.5 Å². The van der Waals surface area contributed by atoms with Gasteiger partial charge in [0.15, 0.2) is 16.6 Å². The van der Waals surface area contributed by atoms with Crippen molar-refractivity contribution < 1.29 is 12.3 Å². The summed E-state index contributed by atoms with van der Waals surface area (Å²) in [5.41, 5.74) is 11.7. The average Bonchev–Trinajstić information content (AvgIpc) is 2.76. The van der Waals surface area contributed by atoms with Crippen LogP contribution in [-0.4, -0.2) is 46.8 Å². The van der Waals surface area contributed by atoms with E-state index in [0.717, 1.165) is 35.3 Å². The first-order chi connectivity index (χ1) is 15.5. The molecule has 0 aromatic heterocycles. The van der Waals surface area contributed by atoms with Gasteiger partial charge in [-0.05, 0) is 87.7 Å². The minimum atomic E-state index is -3.04. The maximum absolute atomic E-state index is 7.28. The summed E-state index contributed by atoms with van der Waals surface area (Å²) in [7, 11) is -9.62. The average molecular weight is 617 g/mol. The van der Waals surface area contributed by atoms with Crippen molar-refractivity contribution in [3.8, 4) is 0 Å². The monoisotopic (exact) mass is 616 g/mol. The molecular formula is C30H68N2O3Si4. The Morgan fingerprint density at radius 1 is 0.513 bits per heavy atom. The second-order valence-electron chi connectivity index (χ2n) is 10.4. The number of hydrogen-bond acceptors (Lipinski definition) is 5. The first-order valence-corrected chi connectivity index (χ1v) is 22.9. The Bertz CT molecular complexity index is 799. The van der Waals surface area contributed by atoms with E-state index in [2.05, 4.69) is 87.8 Å². The summed E-state index contributed by atoms with van der Waals surface area (Å²) in [6.07, 6.45) is 1.95. The normalized spacial score (nSPS) is 11.3. The summed E-state index contributed by atoms with van der Waals surface area (Å²) >= 11 is 0. The topological polar surface area (TPSA) is 79.7 Å². The molecule has 2 aromatic rings. The molecule has 0 unspecified atom stereocenters. The molecule has 0 heterocycles. The lowest BCUT2D eigenvalue weighted by Gasteiger charge is -2.44. The van der Waals surface area contributed by atoms with Crippen molar-refractivity contribution in [2.45, 2.75) is 109 Å². The van der Waals surface area contributed by atoms with Gasteiger partial charge in [0.25, 0.3) is 0 Å². The molecule has 2 rings (SSSR count). The highest BCUT2D eigenvalue weighted by molar-refractivity contribution is 7.02. The van der Waals surface area contributed by atoms with Crippen LogP contribution in [0.25, 0.3) is 0 Å². The van der Waals surface area contributed by atoms with Gasteiger partial charge in [0.05, 0.1) is 0 Å². The third kappa shape index (κ3) is 15.1. The second-order valence-corrected chi connectivity index (χ2v) is 26.0. The van der Waals surface area contributed by atoms with Gasteiger partial charge in [-0.15, -0.1) is 0 Å². The molecule has 9 heteroatoms. The first kappa shape index (κ1) is 47.9. The minimum absolute atomic E-state index is 0. The van der Waals surface area contributed by atoms with Crippen molar-refractivity contribution in [3.63, 3.8) is 0 Å². The Labute approximate surface area is 249 Å². The standard InChI is InChI=1S/C24H44N2O3Si4.6CH4/c1-30(2,21-13-19-25)27-32(5,6)29-33(23-15-9-7-10-16-23,24-17-11-8-12-18-24)28-31(3,4)22-14-20-26;;;;;;/h7-12,15-18H,13-14,19-22,25-26H2,1-6H3;6*1H4. The van der Waals surface area contributed by atoms with Gasteiger partial charge in [-0.1, -0.05) is 105 Å². The molecule has 0 aliphatic heterocycles. The van der Waals surface area contributed by atoms with E-state index in [9.17, 15) is 0 Å². The zero-order valence-corrected chi connectivity index (χ0v) is 25.4. The number of nitrogens with two attached hydrogens (primary N) is 2. The predicted octanol–water partition coefficient (Wildman–Crippen LogP) is 7.92. The van der Waals surface area contributed by atoms with E-state index in [0.29, 0.717) is 13.1 Å². The molecule has 2 aromatic carbocycles. The van der Waals surface area contributed by atoms with Gasteiger partial charge < -0.3 is 23.8 Å². The Morgan fingerprint density at radius 2 is 0.846 bits per heavy atom. The molecule has 0 saturated heterocycles. The molecule has 5 nitrogen and oxygen atoms in total. The van der Waals surface area contributed by atoms with E-state index in [4.69, 9.17) is 23.8 Å². The number of hydrogen-bond donors (Lipinski definition) is 2. The molecule has 232 valence electrons. The third-order valence-corrected chi connectivity index (χ3v) is 21.6. The molecule has 0 atom stereocenters. The fourth-order valence-electron chi connectivity index (χ4n) is 4.32. The quantitative estimate of drug-likeness (QED) is 0.211. The molecule has 0 aliphatic carbocycles. The van der Waals surface area contributed by atoms with E-state index in [1.165, 1.54) is 0 Å². The van der Waals surface area contributed by atoms with Crippen LogP contribution in [0.1, 0.15) is 57.4 Å².